The van der Waals surface area contributed by atoms with Gasteiger partial charge in [0.05, 0.1) is 6.04 Å². The van der Waals surface area contributed by atoms with Crippen molar-refractivity contribution in [3.05, 3.63) is 0 Å². The summed E-state index contributed by atoms with van der Waals surface area (Å²) >= 11 is 0. The fourth-order valence-electron chi connectivity index (χ4n) is 0.843. The van der Waals surface area contributed by atoms with Gasteiger partial charge in [0.15, 0.2) is 0 Å². The van der Waals surface area contributed by atoms with Gasteiger partial charge in [-0.2, -0.15) is 0 Å². The Labute approximate surface area is 42.7 Å². The van der Waals surface area contributed by atoms with Gasteiger partial charge >= 0.3 is 0 Å². The first-order valence-electron chi connectivity index (χ1n) is 2.59. The highest BCUT2D eigenvalue weighted by Crippen LogP contribution is 2.10. The SMILES string of the molecule is N[C@H]1CCCC1=O. The highest BCUT2D eigenvalue weighted by Gasteiger charge is 2.18. The van der Waals surface area contributed by atoms with Gasteiger partial charge in [0, 0.05) is 6.42 Å². The largest absolute Gasteiger partial charge is 0.322 e. The Bertz CT molecular complexity index is 90.1. The number of carbonyl (C=O) groups is 1. The van der Waals surface area contributed by atoms with Crippen LogP contribution in [0.1, 0.15) is 19.3 Å². The van der Waals surface area contributed by atoms with Crippen molar-refractivity contribution in [1.29, 1.82) is 0 Å². The third-order valence-electron chi connectivity index (χ3n) is 1.35. The molecule has 1 fully saturated rings. The molecule has 0 bridgehead atoms. The molecule has 1 aliphatic rings. The molecule has 0 aromatic rings. The van der Waals surface area contributed by atoms with Crippen LogP contribution in [-0.4, -0.2) is 11.8 Å². The Hall–Kier alpha value is -0.370. The summed E-state index contributed by atoms with van der Waals surface area (Å²) in [7, 11) is 0. The van der Waals surface area contributed by atoms with E-state index < -0.39 is 0 Å². The lowest BCUT2D eigenvalue weighted by Gasteiger charge is -1.92. The molecule has 1 rings (SSSR count). The van der Waals surface area contributed by atoms with Gasteiger partial charge in [0.2, 0.25) is 0 Å². The zero-order chi connectivity index (χ0) is 5.28. The first-order valence-corrected chi connectivity index (χ1v) is 2.59. The first kappa shape index (κ1) is 4.78. The zero-order valence-corrected chi connectivity index (χ0v) is 4.18. The molecule has 2 N–H and O–H groups in total. The molecule has 0 aromatic heterocycles. The summed E-state index contributed by atoms with van der Waals surface area (Å²) in [6.45, 7) is 0. The van der Waals surface area contributed by atoms with Crippen LogP contribution < -0.4 is 5.73 Å². The maximum absolute atomic E-state index is 10.4. The number of hydrogen-bond donors (Lipinski definition) is 1. The van der Waals surface area contributed by atoms with Crippen LogP contribution in [0.2, 0.25) is 0 Å². The number of carbonyl (C=O) groups excluding carboxylic acids is 1. The standard InChI is InChI=1S/C5H9NO/c6-4-2-1-3-5(4)7/h4H,1-3,6H2/t4-/m0/s1. The molecule has 0 saturated heterocycles. The van der Waals surface area contributed by atoms with E-state index in [1.165, 1.54) is 0 Å². The van der Waals surface area contributed by atoms with E-state index in [-0.39, 0.29) is 11.8 Å². The van der Waals surface area contributed by atoms with Crippen LogP contribution in [-0.2, 0) is 4.79 Å². The summed E-state index contributed by atoms with van der Waals surface area (Å²) in [5.74, 6) is 0.236. The van der Waals surface area contributed by atoms with E-state index in [1.807, 2.05) is 0 Å². The molecule has 0 unspecified atom stereocenters. The van der Waals surface area contributed by atoms with Crippen LogP contribution in [0.25, 0.3) is 0 Å². The summed E-state index contributed by atoms with van der Waals surface area (Å²) < 4.78 is 0. The second-order valence-electron chi connectivity index (χ2n) is 1.97. The Morgan fingerprint density at radius 3 is 2.57 bits per heavy atom. The lowest BCUT2D eigenvalue weighted by Crippen LogP contribution is -2.23. The molecule has 1 aliphatic carbocycles. The summed E-state index contributed by atoms with van der Waals surface area (Å²) in [6, 6.07) is -0.125. The number of ketones is 1. The molecule has 1 saturated carbocycles. The van der Waals surface area contributed by atoms with Crippen molar-refractivity contribution >= 4 is 5.78 Å². The number of rotatable bonds is 0. The predicted molar refractivity (Wildman–Crippen MR) is 26.8 cm³/mol. The molecule has 0 aromatic carbocycles. The molecule has 40 valence electrons. The summed E-state index contributed by atoms with van der Waals surface area (Å²) in [5.41, 5.74) is 5.33. The Balaban J connectivity index is 2.48. The van der Waals surface area contributed by atoms with E-state index in [1.54, 1.807) is 0 Å². The fourth-order valence-corrected chi connectivity index (χ4v) is 0.843. The van der Waals surface area contributed by atoms with Crippen LogP contribution in [0.15, 0.2) is 0 Å². The third kappa shape index (κ3) is 0.800. The minimum absolute atomic E-state index is 0.125. The van der Waals surface area contributed by atoms with E-state index in [0.717, 1.165) is 12.8 Å². The molecule has 2 nitrogen and oxygen atoms in total. The average molecular weight is 99.1 g/mol. The van der Waals surface area contributed by atoms with Gasteiger partial charge in [-0.15, -0.1) is 0 Å². The molecule has 2 heteroatoms. The van der Waals surface area contributed by atoms with Crippen molar-refractivity contribution in [3.8, 4) is 0 Å². The van der Waals surface area contributed by atoms with Gasteiger partial charge in [-0.3, -0.25) is 4.79 Å². The lowest BCUT2D eigenvalue weighted by molar-refractivity contribution is -0.118. The van der Waals surface area contributed by atoms with Crippen LogP contribution in [0.5, 0.6) is 0 Å². The van der Waals surface area contributed by atoms with Crippen molar-refractivity contribution in [2.75, 3.05) is 0 Å². The van der Waals surface area contributed by atoms with E-state index in [9.17, 15) is 4.79 Å². The molecular formula is C5H9NO. The first-order chi connectivity index (χ1) is 3.30. The van der Waals surface area contributed by atoms with Crippen LogP contribution in [0, 0.1) is 0 Å². The van der Waals surface area contributed by atoms with E-state index in [2.05, 4.69) is 0 Å². The maximum Gasteiger partial charge on any atom is 0.149 e. The van der Waals surface area contributed by atoms with Crippen molar-refractivity contribution < 1.29 is 4.79 Å². The summed E-state index contributed by atoms with van der Waals surface area (Å²) in [4.78, 5) is 10.4. The van der Waals surface area contributed by atoms with Gasteiger partial charge in [0.25, 0.3) is 0 Å². The Kier molecular flexibility index (Phi) is 1.11. The van der Waals surface area contributed by atoms with Crippen LogP contribution >= 0.6 is 0 Å². The molecular weight excluding hydrogens is 90.1 g/mol. The van der Waals surface area contributed by atoms with Gasteiger partial charge in [0.1, 0.15) is 5.78 Å². The summed E-state index contributed by atoms with van der Waals surface area (Å²) in [5, 5.41) is 0. The van der Waals surface area contributed by atoms with Crippen molar-refractivity contribution in [3.63, 3.8) is 0 Å². The number of hydrogen-bond acceptors (Lipinski definition) is 2. The molecule has 0 radical (unpaired) electrons. The average Bonchev–Trinajstić information content (AvgIpc) is 1.91. The topological polar surface area (TPSA) is 43.1 Å². The molecule has 0 heterocycles. The fraction of sp³-hybridized carbons (Fsp3) is 0.800. The summed E-state index contributed by atoms with van der Waals surface area (Å²) in [6.07, 6.45) is 2.61. The van der Waals surface area contributed by atoms with Crippen molar-refractivity contribution in [1.82, 2.24) is 0 Å². The van der Waals surface area contributed by atoms with Gasteiger partial charge in [-0.05, 0) is 12.8 Å². The quantitative estimate of drug-likeness (QED) is 0.467. The molecule has 0 amide bonds. The lowest BCUT2D eigenvalue weighted by atomic mass is 10.3. The monoisotopic (exact) mass is 99.1 g/mol. The smallest absolute Gasteiger partial charge is 0.149 e. The molecule has 1 atom stereocenters. The predicted octanol–water partition coefficient (Wildman–Crippen LogP) is 0.0667. The molecule has 7 heavy (non-hydrogen) atoms. The second-order valence-corrected chi connectivity index (χ2v) is 1.97. The van der Waals surface area contributed by atoms with Crippen LogP contribution in [0.4, 0.5) is 0 Å². The minimum Gasteiger partial charge on any atom is -0.322 e. The molecule has 0 aliphatic heterocycles. The van der Waals surface area contributed by atoms with Gasteiger partial charge in [-0.1, -0.05) is 0 Å². The minimum atomic E-state index is -0.125. The van der Waals surface area contributed by atoms with Crippen molar-refractivity contribution in [2.45, 2.75) is 25.3 Å². The number of Topliss-reactive ketones (excluding diaryl/α,β-unsaturated/α-hetero) is 1. The van der Waals surface area contributed by atoms with E-state index >= 15 is 0 Å². The second kappa shape index (κ2) is 1.62. The Morgan fingerprint density at radius 2 is 2.43 bits per heavy atom. The normalized spacial score (nSPS) is 31.6. The van der Waals surface area contributed by atoms with Gasteiger partial charge < -0.3 is 5.73 Å². The zero-order valence-electron chi connectivity index (χ0n) is 4.18. The number of nitrogens with two attached hydrogens (primary N) is 1. The molecule has 0 spiro atoms. The highest BCUT2D eigenvalue weighted by molar-refractivity contribution is 5.85. The Morgan fingerprint density at radius 1 is 1.71 bits per heavy atom. The van der Waals surface area contributed by atoms with Crippen LogP contribution in [0.3, 0.4) is 0 Å². The highest BCUT2D eigenvalue weighted by atomic mass is 16.1. The van der Waals surface area contributed by atoms with Crippen molar-refractivity contribution in [2.24, 2.45) is 5.73 Å². The van der Waals surface area contributed by atoms with E-state index in [0.29, 0.717) is 6.42 Å². The van der Waals surface area contributed by atoms with Gasteiger partial charge in [-0.25, -0.2) is 0 Å². The third-order valence-corrected chi connectivity index (χ3v) is 1.35. The van der Waals surface area contributed by atoms with E-state index in [4.69, 9.17) is 5.73 Å². The maximum atomic E-state index is 10.4.